The van der Waals surface area contributed by atoms with Crippen molar-refractivity contribution in [1.82, 2.24) is 0 Å². The van der Waals surface area contributed by atoms with Gasteiger partial charge in [-0.25, -0.2) is 0 Å². The van der Waals surface area contributed by atoms with Crippen LogP contribution in [0.15, 0.2) is 11.6 Å². The first-order chi connectivity index (χ1) is 13.6. The largest absolute Gasteiger partial charge is 0.389 e. The summed E-state index contributed by atoms with van der Waals surface area (Å²) < 4.78 is 0. The Kier molecular flexibility index (Phi) is 5.59. The summed E-state index contributed by atoms with van der Waals surface area (Å²) in [5, 5.41) is 12.0. The quantitative estimate of drug-likeness (QED) is 0.556. The number of fused-ring (bicyclic) bond motifs is 5. The first-order valence-electron chi connectivity index (χ1n) is 12.6. The molecule has 29 heavy (non-hydrogen) atoms. The van der Waals surface area contributed by atoms with Gasteiger partial charge >= 0.3 is 0 Å². The predicted octanol–water partition coefficient (Wildman–Crippen LogP) is 6.71. The Bertz CT molecular complexity index is 678. The van der Waals surface area contributed by atoms with Crippen molar-refractivity contribution < 1.29 is 9.90 Å². The summed E-state index contributed by atoms with van der Waals surface area (Å²) in [6.07, 6.45) is 14.4. The molecule has 3 saturated carbocycles. The van der Waals surface area contributed by atoms with Crippen LogP contribution in [0.2, 0.25) is 0 Å². The molecular formula is C27H44O2. The van der Waals surface area contributed by atoms with Crippen LogP contribution < -0.4 is 0 Å². The molecule has 164 valence electrons. The number of hydrogen-bond donors (Lipinski definition) is 1. The second-order valence-electron chi connectivity index (χ2n) is 12.1. The van der Waals surface area contributed by atoms with E-state index in [9.17, 15) is 9.90 Å². The molecule has 3 fully saturated rings. The minimum atomic E-state index is -0.487. The Balaban J connectivity index is 1.54. The fourth-order valence-electron chi connectivity index (χ4n) is 8.49. The van der Waals surface area contributed by atoms with Crippen molar-refractivity contribution in [1.29, 1.82) is 0 Å². The van der Waals surface area contributed by atoms with Gasteiger partial charge in [-0.2, -0.15) is 0 Å². The third-order valence-electron chi connectivity index (χ3n) is 10.4. The molecule has 0 radical (unpaired) electrons. The Labute approximate surface area is 178 Å². The summed E-state index contributed by atoms with van der Waals surface area (Å²) in [4.78, 5) is 12.0. The molecule has 0 saturated heterocycles. The number of aliphatic hydroxyl groups is 1. The van der Waals surface area contributed by atoms with Crippen molar-refractivity contribution in [3.63, 3.8) is 0 Å². The van der Waals surface area contributed by atoms with E-state index in [-0.39, 0.29) is 10.8 Å². The zero-order chi connectivity index (χ0) is 21.0. The highest BCUT2D eigenvalue weighted by molar-refractivity contribution is 5.91. The normalized spacial score (nSPS) is 45.4. The summed E-state index contributed by atoms with van der Waals surface area (Å²) in [7, 11) is 0. The number of allylic oxidation sites excluding steroid dienone is 1. The molecular weight excluding hydrogens is 356 g/mol. The average molecular weight is 401 g/mol. The molecule has 1 N–H and O–H groups in total. The number of ketones is 1. The van der Waals surface area contributed by atoms with E-state index in [1.54, 1.807) is 0 Å². The van der Waals surface area contributed by atoms with Crippen LogP contribution in [0.25, 0.3) is 0 Å². The SMILES string of the molecule is CC(C)CCC[C@@H](C)[C@@]1(O)CC[C@H]2[C@@H]3CCC4=CC(=O)CC[C@]4(C)[C@H]3CC[C@@]21C. The highest BCUT2D eigenvalue weighted by Crippen LogP contribution is 2.68. The maximum atomic E-state index is 12.0. The number of rotatable bonds is 5. The molecule has 0 heterocycles. The summed E-state index contributed by atoms with van der Waals surface area (Å²) >= 11 is 0. The van der Waals surface area contributed by atoms with Gasteiger partial charge in [0.25, 0.3) is 0 Å². The fraction of sp³-hybridized carbons (Fsp3) is 0.889. The van der Waals surface area contributed by atoms with Gasteiger partial charge in [-0.05, 0) is 97.9 Å². The topological polar surface area (TPSA) is 37.3 Å². The molecule has 7 atom stereocenters. The van der Waals surface area contributed by atoms with Gasteiger partial charge in [-0.3, -0.25) is 4.79 Å². The van der Waals surface area contributed by atoms with Gasteiger partial charge in [0.05, 0.1) is 5.60 Å². The standard InChI is InChI=1S/C27H44O2/c1-18(2)7-6-8-19(3)27(29)16-13-24-22-10-9-20-17-21(28)11-14-25(20,4)23(22)12-15-26(24,27)5/h17-19,22-24,29H,6-16H2,1-5H3/t19-,22-,23+,24+,25+,26+,27+/m1/s1. The van der Waals surface area contributed by atoms with Crippen molar-refractivity contribution in [2.45, 2.75) is 111 Å². The molecule has 0 unspecified atom stereocenters. The van der Waals surface area contributed by atoms with Crippen LogP contribution in [0.5, 0.6) is 0 Å². The molecule has 2 nitrogen and oxygen atoms in total. The Hall–Kier alpha value is -0.630. The van der Waals surface area contributed by atoms with Gasteiger partial charge in [0.2, 0.25) is 0 Å². The lowest BCUT2D eigenvalue weighted by molar-refractivity contribution is -0.152. The average Bonchev–Trinajstić information content (AvgIpc) is 2.94. The first kappa shape index (κ1) is 21.6. The van der Waals surface area contributed by atoms with E-state index in [0.29, 0.717) is 23.5 Å². The molecule has 0 aromatic carbocycles. The van der Waals surface area contributed by atoms with Gasteiger partial charge in [-0.15, -0.1) is 0 Å². The molecule has 0 aliphatic heterocycles. The summed E-state index contributed by atoms with van der Waals surface area (Å²) in [5.74, 6) is 3.62. The molecule has 0 spiro atoms. The molecule has 0 aromatic heterocycles. The predicted molar refractivity (Wildman–Crippen MR) is 120 cm³/mol. The number of carbonyl (C=O) groups is 1. The summed E-state index contributed by atoms with van der Waals surface area (Å²) in [6, 6.07) is 0. The summed E-state index contributed by atoms with van der Waals surface area (Å²) in [6.45, 7) is 11.8. The monoisotopic (exact) mass is 400 g/mol. The lowest BCUT2D eigenvalue weighted by atomic mass is 9.46. The van der Waals surface area contributed by atoms with Crippen LogP contribution in [0.1, 0.15) is 105 Å². The Morgan fingerprint density at radius 1 is 1.00 bits per heavy atom. The number of carbonyl (C=O) groups excluding carboxylic acids is 1. The molecule has 0 bridgehead atoms. The van der Waals surface area contributed by atoms with Gasteiger partial charge in [0.15, 0.2) is 5.78 Å². The van der Waals surface area contributed by atoms with Crippen molar-refractivity contribution in [3.05, 3.63) is 11.6 Å². The Morgan fingerprint density at radius 3 is 2.45 bits per heavy atom. The molecule has 0 aromatic rings. The third kappa shape index (κ3) is 3.27. The molecule has 4 aliphatic carbocycles. The maximum Gasteiger partial charge on any atom is 0.155 e. The van der Waals surface area contributed by atoms with E-state index in [4.69, 9.17) is 0 Å². The third-order valence-corrected chi connectivity index (χ3v) is 10.4. The first-order valence-corrected chi connectivity index (χ1v) is 12.6. The molecule has 0 amide bonds. The number of hydrogen-bond acceptors (Lipinski definition) is 2. The van der Waals surface area contributed by atoms with Crippen molar-refractivity contribution in [2.75, 3.05) is 0 Å². The maximum absolute atomic E-state index is 12.0. The lowest BCUT2D eigenvalue weighted by Gasteiger charge is -2.60. The van der Waals surface area contributed by atoms with Gasteiger partial charge in [0.1, 0.15) is 0 Å². The highest BCUT2D eigenvalue weighted by Gasteiger charge is 2.64. The van der Waals surface area contributed by atoms with Crippen LogP contribution in [0, 0.1) is 40.4 Å². The van der Waals surface area contributed by atoms with Crippen molar-refractivity contribution in [3.8, 4) is 0 Å². The van der Waals surface area contributed by atoms with Gasteiger partial charge < -0.3 is 5.11 Å². The van der Waals surface area contributed by atoms with E-state index in [2.05, 4.69) is 34.6 Å². The van der Waals surface area contributed by atoms with E-state index in [1.165, 1.54) is 44.1 Å². The van der Waals surface area contributed by atoms with Crippen LogP contribution in [0.3, 0.4) is 0 Å². The lowest BCUT2D eigenvalue weighted by Crippen LogP contribution is -2.56. The molecule has 2 heteroatoms. The molecule has 4 rings (SSSR count). The van der Waals surface area contributed by atoms with Crippen LogP contribution in [0.4, 0.5) is 0 Å². The minimum absolute atomic E-state index is 0.0769. The van der Waals surface area contributed by atoms with E-state index in [0.717, 1.165) is 43.9 Å². The van der Waals surface area contributed by atoms with Crippen LogP contribution >= 0.6 is 0 Å². The van der Waals surface area contributed by atoms with Crippen LogP contribution in [-0.4, -0.2) is 16.5 Å². The van der Waals surface area contributed by atoms with Crippen LogP contribution in [-0.2, 0) is 4.79 Å². The highest BCUT2D eigenvalue weighted by atomic mass is 16.3. The van der Waals surface area contributed by atoms with Crippen molar-refractivity contribution >= 4 is 5.78 Å². The fourth-order valence-corrected chi connectivity index (χ4v) is 8.49. The van der Waals surface area contributed by atoms with E-state index >= 15 is 0 Å². The van der Waals surface area contributed by atoms with E-state index in [1.807, 2.05) is 6.08 Å². The zero-order valence-corrected chi connectivity index (χ0v) is 19.6. The molecule has 4 aliphatic rings. The summed E-state index contributed by atoms with van der Waals surface area (Å²) in [5.41, 5.74) is 1.28. The smallest absolute Gasteiger partial charge is 0.155 e. The second kappa shape index (κ2) is 7.50. The minimum Gasteiger partial charge on any atom is -0.389 e. The van der Waals surface area contributed by atoms with E-state index < -0.39 is 5.60 Å². The van der Waals surface area contributed by atoms with Gasteiger partial charge in [-0.1, -0.05) is 53.0 Å². The van der Waals surface area contributed by atoms with Gasteiger partial charge in [0, 0.05) is 6.42 Å². The second-order valence-corrected chi connectivity index (χ2v) is 12.1. The van der Waals surface area contributed by atoms with Crippen molar-refractivity contribution in [2.24, 2.45) is 40.4 Å². The zero-order valence-electron chi connectivity index (χ0n) is 19.6. The Morgan fingerprint density at radius 2 is 1.72 bits per heavy atom.